The molecule has 2 aromatic rings. The maximum absolute atomic E-state index is 12.1. The third kappa shape index (κ3) is 1.47. The Morgan fingerprint density at radius 3 is 2.39 bits per heavy atom. The molecule has 0 aliphatic carbocycles. The monoisotopic (exact) mass is 255 g/mol. The molecule has 90 valence electrons. The largest absolute Gasteiger partial charge is 0.330 e. The lowest BCUT2D eigenvalue weighted by atomic mass is 9.98. The van der Waals surface area contributed by atoms with Crippen molar-refractivity contribution in [2.24, 2.45) is 0 Å². The van der Waals surface area contributed by atoms with Gasteiger partial charge in [-0.1, -0.05) is 48.5 Å². The fourth-order valence-electron chi connectivity index (χ4n) is 2.46. The summed E-state index contributed by atoms with van der Waals surface area (Å²) >= 11 is 1.65. The molecule has 2 nitrogen and oxygen atoms in total. The van der Waals surface area contributed by atoms with E-state index in [9.17, 15) is 4.79 Å². The highest BCUT2D eigenvalue weighted by molar-refractivity contribution is 7.99. The molecule has 1 N–H and O–H groups in total. The molecule has 3 rings (SSSR count). The summed E-state index contributed by atoms with van der Waals surface area (Å²) in [6.07, 6.45) is 2.02. The van der Waals surface area contributed by atoms with Gasteiger partial charge in [0.25, 0.3) is 5.91 Å². The van der Waals surface area contributed by atoms with Crippen molar-refractivity contribution >= 4 is 17.7 Å². The lowest BCUT2D eigenvalue weighted by molar-refractivity contribution is 0.0956. The average Bonchev–Trinajstić information content (AvgIpc) is 2.74. The Balaban J connectivity index is 2.24. The third-order valence-corrected chi connectivity index (χ3v) is 4.50. The van der Waals surface area contributed by atoms with Gasteiger partial charge in [-0.2, -0.15) is 0 Å². The molecule has 1 atom stereocenters. The van der Waals surface area contributed by atoms with Gasteiger partial charge in [0.1, 0.15) is 4.87 Å². The van der Waals surface area contributed by atoms with Gasteiger partial charge in [-0.25, -0.2) is 0 Å². The zero-order chi connectivity index (χ0) is 12.6. The van der Waals surface area contributed by atoms with Crippen LogP contribution in [0.3, 0.4) is 0 Å². The number of amides is 1. The maximum Gasteiger partial charge on any atom is 0.253 e. The van der Waals surface area contributed by atoms with E-state index in [2.05, 4.69) is 17.4 Å². The molecule has 2 aromatic carbocycles. The number of rotatable bonds is 2. The minimum Gasteiger partial charge on any atom is -0.330 e. The van der Waals surface area contributed by atoms with Crippen LogP contribution in [0.1, 0.15) is 21.5 Å². The van der Waals surface area contributed by atoms with Crippen molar-refractivity contribution in [2.75, 3.05) is 6.26 Å². The summed E-state index contributed by atoms with van der Waals surface area (Å²) in [7, 11) is 0. The molecule has 0 unspecified atom stereocenters. The number of carbonyl (C=O) groups excluding carboxylic acids is 1. The van der Waals surface area contributed by atoms with Crippen molar-refractivity contribution < 1.29 is 4.79 Å². The minimum atomic E-state index is -0.449. The van der Waals surface area contributed by atoms with Crippen LogP contribution in [0.2, 0.25) is 0 Å². The van der Waals surface area contributed by atoms with Crippen LogP contribution < -0.4 is 5.32 Å². The Morgan fingerprint density at radius 1 is 1.00 bits per heavy atom. The normalized spacial score (nSPS) is 21.5. The Bertz CT molecular complexity index is 596. The van der Waals surface area contributed by atoms with Gasteiger partial charge < -0.3 is 5.32 Å². The lowest BCUT2D eigenvalue weighted by Crippen LogP contribution is -2.37. The summed E-state index contributed by atoms with van der Waals surface area (Å²) in [5, 5.41) is 3.12. The van der Waals surface area contributed by atoms with Crippen molar-refractivity contribution in [1.29, 1.82) is 0 Å². The van der Waals surface area contributed by atoms with E-state index >= 15 is 0 Å². The highest BCUT2D eigenvalue weighted by Crippen LogP contribution is 2.44. The summed E-state index contributed by atoms with van der Waals surface area (Å²) in [6.45, 7) is 0. The van der Waals surface area contributed by atoms with Gasteiger partial charge in [-0.3, -0.25) is 4.79 Å². The summed E-state index contributed by atoms with van der Waals surface area (Å²) in [6, 6.07) is 17.9. The number of hydrogen-bond donors (Lipinski definition) is 1. The van der Waals surface area contributed by atoms with Crippen molar-refractivity contribution in [1.82, 2.24) is 5.32 Å². The summed E-state index contributed by atoms with van der Waals surface area (Å²) in [5.41, 5.74) is 2.93. The second-order valence-electron chi connectivity index (χ2n) is 4.25. The zero-order valence-electron chi connectivity index (χ0n) is 10.0. The van der Waals surface area contributed by atoms with Crippen LogP contribution in [0.5, 0.6) is 0 Å². The Kier molecular flexibility index (Phi) is 2.63. The van der Waals surface area contributed by atoms with Gasteiger partial charge in [0.2, 0.25) is 0 Å². The summed E-state index contributed by atoms with van der Waals surface area (Å²) in [4.78, 5) is 11.6. The molecular weight excluding hydrogens is 242 g/mol. The van der Waals surface area contributed by atoms with Gasteiger partial charge in [0, 0.05) is 11.1 Å². The van der Waals surface area contributed by atoms with Gasteiger partial charge in [0.05, 0.1) is 0 Å². The van der Waals surface area contributed by atoms with E-state index in [4.69, 9.17) is 0 Å². The molecule has 0 saturated heterocycles. The Labute approximate surface area is 110 Å². The number of thioether (sulfide) groups is 1. The molecule has 1 aliphatic heterocycles. The van der Waals surface area contributed by atoms with E-state index in [-0.39, 0.29) is 5.91 Å². The SMILES string of the molecule is CS[C@@]1(c2ccccc2)NC(=O)c2ccccc21. The van der Waals surface area contributed by atoms with E-state index in [0.29, 0.717) is 0 Å². The minimum absolute atomic E-state index is 0.00352. The fraction of sp³-hybridized carbons (Fsp3) is 0.133. The predicted octanol–water partition coefficient (Wildman–Crippen LogP) is 2.99. The molecule has 0 radical (unpaired) electrons. The first kappa shape index (κ1) is 11.4. The van der Waals surface area contributed by atoms with Crippen molar-refractivity contribution in [3.63, 3.8) is 0 Å². The number of hydrogen-bond acceptors (Lipinski definition) is 2. The molecule has 0 aromatic heterocycles. The smallest absolute Gasteiger partial charge is 0.253 e. The molecule has 0 saturated carbocycles. The third-order valence-electron chi connectivity index (χ3n) is 3.33. The first-order valence-corrected chi connectivity index (χ1v) is 7.03. The second-order valence-corrected chi connectivity index (χ2v) is 5.27. The number of carbonyl (C=O) groups is 1. The van der Waals surface area contributed by atoms with E-state index < -0.39 is 4.87 Å². The number of fused-ring (bicyclic) bond motifs is 1. The molecule has 0 bridgehead atoms. The molecular formula is C15H13NOS. The van der Waals surface area contributed by atoms with Crippen LogP contribution in [0.4, 0.5) is 0 Å². The maximum atomic E-state index is 12.1. The second kappa shape index (κ2) is 4.18. The molecule has 18 heavy (non-hydrogen) atoms. The summed E-state index contributed by atoms with van der Waals surface area (Å²) in [5.74, 6) is 0.00352. The van der Waals surface area contributed by atoms with Gasteiger partial charge >= 0.3 is 0 Å². The zero-order valence-corrected chi connectivity index (χ0v) is 10.8. The summed E-state index contributed by atoms with van der Waals surface area (Å²) < 4.78 is 0. The average molecular weight is 255 g/mol. The number of benzene rings is 2. The highest BCUT2D eigenvalue weighted by atomic mass is 32.2. The van der Waals surface area contributed by atoms with E-state index in [1.807, 2.05) is 48.7 Å². The van der Waals surface area contributed by atoms with E-state index in [1.165, 1.54) is 0 Å². The molecule has 1 aliphatic rings. The molecule has 3 heteroatoms. The first-order chi connectivity index (χ1) is 8.78. The van der Waals surface area contributed by atoms with Crippen LogP contribution >= 0.6 is 11.8 Å². The molecule has 1 heterocycles. The topological polar surface area (TPSA) is 29.1 Å². The van der Waals surface area contributed by atoms with Crippen LogP contribution in [0.25, 0.3) is 0 Å². The van der Waals surface area contributed by atoms with Gasteiger partial charge in [0.15, 0.2) is 0 Å². The van der Waals surface area contributed by atoms with Crippen molar-refractivity contribution in [3.8, 4) is 0 Å². The molecule has 1 amide bonds. The quantitative estimate of drug-likeness (QED) is 0.893. The standard InChI is InChI=1S/C15H13NOS/c1-18-15(11-7-3-2-4-8-11)13-10-6-5-9-12(13)14(17)16-15/h2-10H,1H3,(H,16,17)/t15-/m1/s1. The van der Waals surface area contributed by atoms with Gasteiger partial charge in [-0.15, -0.1) is 11.8 Å². The Morgan fingerprint density at radius 2 is 1.67 bits per heavy atom. The Hall–Kier alpha value is -1.74. The molecule has 0 fully saturated rings. The van der Waals surface area contributed by atoms with E-state index in [1.54, 1.807) is 11.8 Å². The number of nitrogens with one attached hydrogen (secondary N) is 1. The van der Waals surface area contributed by atoms with Crippen LogP contribution in [0.15, 0.2) is 54.6 Å². The molecule has 0 spiro atoms. The lowest BCUT2D eigenvalue weighted by Gasteiger charge is -2.28. The van der Waals surface area contributed by atoms with Crippen LogP contribution in [-0.4, -0.2) is 12.2 Å². The fourth-order valence-corrected chi connectivity index (χ4v) is 3.43. The van der Waals surface area contributed by atoms with Crippen LogP contribution in [0, 0.1) is 0 Å². The van der Waals surface area contributed by atoms with Crippen LogP contribution in [-0.2, 0) is 4.87 Å². The first-order valence-electron chi connectivity index (χ1n) is 5.80. The highest BCUT2D eigenvalue weighted by Gasteiger charge is 2.43. The predicted molar refractivity (Wildman–Crippen MR) is 74.6 cm³/mol. The van der Waals surface area contributed by atoms with Crippen molar-refractivity contribution in [3.05, 3.63) is 71.3 Å². The van der Waals surface area contributed by atoms with Gasteiger partial charge in [-0.05, 0) is 17.9 Å². The van der Waals surface area contributed by atoms with Crippen molar-refractivity contribution in [2.45, 2.75) is 4.87 Å². The van der Waals surface area contributed by atoms with E-state index in [0.717, 1.165) is 16.7 Å².